The maximum atomic E-state index is 12.9. The highest BCUT2D eigenvalue weighted by atomic mass is 35.5. The standard InChI is InChI=1S/C24H25ClN4O3/c25-18-8-5-16(6-9-18)23-20(3-1-2-4-22(30)31)27-21-15-17(7-10-19(21)28-23)24(32)29-13-11-26-12-14-29/h5-10,15,26H,1-4,11-14H2,(H,30,31). The molecule has 0 unspecified atom stereocenters. The molecule has 0 atom stereocenters. The Kier molecular flexibility index (Phi) is 6.97. The minimum Gasteiger partial charge on any atom is -0.481 e. The summed E-state index contributed by atoms with van der Waals surface area (Å²) >= 11 is 6.05. The number of carbonyl (C=O) groups excluding carboxylic acids is 1. The van der Waals surface area contributed by atoms with E-state index in [0.29, 0.717) is 54.0 Å². The largest absolute Gasteiger partial charge is 0.481 e. The number of rotatable bonds is 7. The van der Waals surface area contributed by atoms with Crippen molar-refractivity contribution in [2.45, 2.75) is 25.7 Å². The van der Waals surface area contributed by atoms with E-state index in [2.05, 4.69) is 5.32 Å². The van der Waals surface area contributed by atoms with Crippen molar-refractivity contribution >= 4 is 34.5 Å². The second kappa shape index (κ2) is 10.1. The van der Waals surface area contributed by atoms with Crippen LogP contribution < -0.4 is 5.32 Å². The highest BCUT2D eigenvalue weighted by molar-refractivity contribution is 6.30. The van der Waals surface area contributed by atoms with Crippen LogP contribution in [0.25, 0.3) is 22.3 Å². The van der Waals surface area contributed by atoms with Crippen LogP contribution in [0.5, 0.6) is 0 Å². The summed E-state index contributed by atoms with van der Waals surface area (Å²) in [4.78, 5) is 35.3. The van der Waals surface area contributed by atoms with E-state index in [4.69, 9.17) is 26.7 Å². The third-order valence-electron chi connectivity index (χ3n) is 5.56. The molecule has 1 fully saturated rings. The number of fused-ring (bicyclic) bond motifs is 1. The number of aromatic nitrogens is 2. The number of halogens is 1. The molecule has 1 aliphatic rings. The van der Waals surface area contributed by atoms with E-state index >= 15 is 0 Å². The highest BCUT2D eigenvalue weighted by Crippen LogP contribution is 2.27. The molecule has 2 N–H and O–H groups in total. The van der Waals surface area contributed by atoms with Crippen molar-refractivity contribution in [3.63, 3.8) is 0 Å². The lowest BCUT2D eigenvalue weighted by Gasteiger charge is -2.27. The van der Waals surface area contributed by atoms with Crippen molar-refractivity contribution in [3.8, 4) is 11.3 Å². The molecule has 2 aromatic carbocycles. The van der Waals surface area contributed by atoms with Crippen LogP contribution >= 0.6 is 11.6 Å². The number of carboxylic acid groups (broad SMARTS) is 1. The number of hydrogen-bond donors (Lipinski definition) is 2. The molecule has 1 saturated heterocycles. The molecule has 4 rings (SSSR count). The van der Waals surface area contributed by atoms with Crippen molar-refractivity contribution in [2.24, 2.45) is 0 Å². The maximum Gasteiger partial charge on any atom is 0.303 e. The topological polar surface area (TPSA) is 95.4 Å². The van der Waals surface area contributed by atoms with E-state index in [9.17, 15) is 9.59 Å². The fraction of sp³-hybridized carbons (Fsp3) is 0.333. The zero-order valence-corrected chi connectivity index (χ0v) is 18.4. The zero-order chi connectivity index (χ0) is 22.5. The number of carbonyl (C=O) groups is 2. The lowest BCUT2D eigenvalue weighted by atomic mass is 10.0. The summed E-state index contributed by atoms with van der Waals surface area (Å²) in [7, 11) is 0. The Labute approximate surface area is 191 Å². The number of amides is 1. The van der Waals surface area contributed by atoms with Gasteiger partial charge < -0.3 is 15.3 Å². The van der Waals surface area contributed by atoms with Crippen molar-refractivity contribution in [2.75, 3.05) is 26.2 Å². The van der Waals surface area contributed by atoms with Crippen molar-refractivity contribution in [1.82, 2.24) is 20.2 Å². The molecule has 0 bridgehead atoms. The van der Waals surface area contributed by atoms with Crippen LogP contribution in [-0.4, -0.2) is 58.0 Å². The average Bonchev–Trinajstić information content (AvgIpc) is 2.81. The molecule has 0 spiro atoms. The molecule has 0 aliphatic carbocycles. The number of piperazine rings is 1. The summed E-state index contributed by atoms with van der Waals surface area (Å²) in [5.74, 6) is -0.802. The Bertz CT molecular complexity index is 1130. The van der Waals surface area contributed by atoms with Gasteiger partial charge in [-0.2, -0.15) is 0 Å². The molecule has 0 saturated carbocycles. The van der Waals surface area contributed by atoms with Crippen LogP contribution in [0.3, 0.4) is 0 Å². The van der Waals surface area contributed by atoms with Gasteiger partial charge in [-0.05, 0) is 49.6 Å². The highest BCUT2D eigenvalue weighted by Gasteiger charge is 2.19. The van der Waals surface area contributed by atoms with E-state index < -0.39 is 5.97 Å². The number of nitrogens with zero attached hydrogens (tertiary/aromatic N) is 3. The first-order valence-electron chi connectivity index (χ1n) is 10.8. The summed E-state index contributed by atoms with van der Waals surface area (Å²) < 4.78 is 0. The van der Waals surface area contributed by atoms with Gasteiger partial charge in [0.1, 0.15) is 0 Å². The number of benzene rings is 2. The number of nitrogens with one attached hydrogen (secondary N) is 1. The summed E-state index contributed by atoms with van der Waals surface area (Å²) in [6.07, 6.45) is 1.98. The van der Waals surface area contributed by atoms with Gasteiger partial charge >= 0.3 is 5.97 Å². The van der Waals surface area contributed by atoms with Crippen LogP contribution in [0.15, 0.2) is 42.5 Å². The van der Waals surface area contributed by atoms with Gasteiger partial charge in [0.2, 0.25) is 0 Å². The predicted octanol–water partition coefficient (Wildman–Crippen LogP) is 3.79. The molecule has 1 aliphatic heterocycles. The fourth-order valence-electron chi connectivity index (χ4n) is 3.86. The van der Waals surface area contributed by atoms with E-state index in [1.165, 1.54) is 0 Å². The van der Waals surface area contributed by atoms with Crippen LogP contribution in [0.1, 0.15) is 35.3 Å². The van der Waals surface area contributed by atoms with Crippen LogP contribution in [0.4, 0.5) is 0 Å². The first kappa shape index (κ1) is 22.2. The molecular formula is C24H25ClN4O3. The Morgan fingerprint density at radius 1 is 1.00 bits per heavy atom. The normalized spacial score (nSPS) is 14.0. The Morgan fingerprint density at radius 2 is 1.75 bits per heavy atom. The molecule has 32 heavy (non-hydrogen) atoms. The quantitative estimate of drug-likeness (QED) is 0.529. The van der Waals surface area contributed by atoms with Gasteiger partial charge in [-0.25, -0.2) is 9.97 Å². The SMILES string of the molecule is O=C(O)CCCCc1nc2cc(C(=O)N3CCNCC3)ccc2nc1-c1ccc(Cl)cc1. The smallest absolute Gasteiger partial charge is 0.303 e. The number of aryl methyl sites for hydroxylation is 1. The minimum absolute atomic E-state index is 0.0000130. The lowest BCUT2D eigenvalue weighted by Crippen LogP contribution is -2.46. The van der Waals surface area contributed by atoms with Gasteiger partial charge in [0.05, 0.1) is 22.4 Å². The van der Waals surface area contributed by atoms with Gasteiger partial charge in [0.25, 0.3) is 5.91 Å². The van der Waals surface area contributed by atoms with Gasteiger partial charge in [-0.1, -0.05) is 23.7 Å². The molecule has 2 heterocycles. The number of aliphatic carboxylic acids is 1. The van der Waals surface area contributed by atoms with Crippen molar-refractivity contribution in [1.29, 1.82) is 0 Å². The van der Waals surface area contributed by atoms with Crippen LogP contribution in [-0.2, 0) is 11.2 Å². The molecule has 8 heteroatoms. The third-order valence-corrected chi connectivity index (χ3v) is 5.81. The summed E-state index contributed by atoms with van der Waals surface area (Å²) in [6, 6.07) is 12.9. The van der Waals surface area contributed by atoms with Gasteiger partial charge in [0, 0.05) is 48.7 Å². The van der Waals surface area contributed by atoms with Crippen molar-refractivity contribution in [3.05, 3.63) is 58.7 Å². The molecule has 7 nitrogen and oxygen atoms in total. The summed E-state index contributed by atoms with van der Waals surface area (Å²) in [5, 5.41) is 12.8. The number of hydrogen-bond acceptors (Lipinski definition) is 5. The Morgan fingerprint density at radius 3 is 2.47 bits per heavy atom. The first-order valence-corrected chi connectivity index (χ1v) is 11.2. The third kappa shape index (κ3) is 5.23. The summed E-state index contributed by atoms with van der Waals surface area (Å²) in [6.45, 7) is 2.97. The molecular weight excluding hydrogens is 428 g/mol. The Hall–Kier alpha value is -3.03. The second-order valence-electron chi connectivity index (χ2n) is 7.87. The Balaban J connectivity index is 1.67. The molecule has 1 aromatic heterocycles. The number of unbranched alkanes of at least 4 members (excludes halogenated alkanes) is 1. The molecule has 0 radical (unpaired) electrons. The monoisotopic (exact) mass is 452 g/mol. The van der Waals surface area contributed by atoms with E-state index in [1.807, 2.05) is 35.2 Å². The lowest BCUT2D eigenvalue weighted by molar-refractivity contribution is -0.137. The van der Waals surface area contributed by atoms with Gasteiger partial charge in [0.15, 0.2) is 0 Å². The average molecular weight is 453 g/mol. The molecule has 166 valence electrons. The zero-order valence-electron chi connectivity index (χ0n) is 17.7. The van der Waals surface area contributed by atoms with E-state index in [0.717, 1.165) is 30.0 Å². The maximum absolute atomic E-state index is 12.9. The summed E-state index contributed by atoms with van der Waals surface area (Å²) in [5.41, 5.74) is 4.42. The van der Waals surface area contributed by atoms with Crippen molar-refractivity contribution < 1.29 is 14.7 Å². The predicted molar refractivity (Wildman–Crippen MR) is 124 cm³/mol. The molecule has 1 amide bonds. The molecule has 3 aromatic rings. The van der Waals surface area contributed by atoms with E-state index in [-0.39, 0.29) is 12.3 Å². The minimum atomic E-state index is -0.802. The van der Waals surface area contributed by atoms with Gasteiger partial charge in [-0.3, -0.25) is 9.59 Å². The number of carboxylic acids is 1. The van der Waals surface area contributed by atoms with Gasteiger partial charge in [-0.15, -0.1) is 0 Å². The first-order chi connectivity index (χ1) is 15.5. The van der Waals surface area contributed by atoms with Crippen LogP contribution in [0.2, 0.25) is 5.02 Å². The second-order valence-corrected chi connectivity index (χ2v) is 8.31. The van der Waals surface area contributed by atoms with E-state index in [1.54, 1.807) is 12.1 Å². The van der Waals surface area contributed by atoms with Crippen LogP contribution in [0, 0.1) is 0 Å². The fourth-order valence-corrected chi connectivity index (χ4v) is 3.98.